The topological polar surface area (TPSA) is 46.0 Å². The van der Waals surface area contributed by atoms with Crippen molar-refractivity contribution in [2.24, 2.45) is 0 Å². The van der Waals surface area contributed by atoms with Gasteiger partial charge in [0.15, 0.2) is 10.8 Å². The first-order chi connectivity index (χ1) is 7.66. The summed E-state index contributed by atoms with van der Waals surface area (Å²) in [5.41, 5.74) is 1.86. The highest BCUT2D eigenvalue weighted by molar-refractivity contribution is 6.30. The van der Waals surface area contributed by atoms with Crippen LogP contribution in [0.25, 0.3) is 11.0 Å². The summed E-state index contributed by atoms with van der Waals surface area (Å²) in [6.45, 7) is 1.58. The minimum absolute atomic E-state index is 0.256. The molecule has 1 N–H and O–H groups in total. The first kappa shape index (κ1) is 10.9. The third-order valence-corrected chi connectivity index (χ3v) is 2.19. The first-order valence-corrected chi connectivity index (χ1v) is 5.16. The van der Waals surface area contributed by atoms with Gasteiger partial charge in [0.1, 0.15) is 6.10 Å². The van der Waals surface area contributed by atoms with E-state index in [1.54, 1.807) is 6.92 Å². The van der Waals surface area contributed by atoms with E-state index in [0.717, 1.165) is 11.0 Å². The fourth-order valence-corrected chi connectivity index (χ4v) is 1.41. The normalized spacial score (nSPS) is 11.9. The molecule has 3 nitrogen and oxygen atoms in total. The molecule has 1 heterocycles. The number of fused-ring (bicyclic) bond motifs is 1. The van der Waals surface area contributed by atoms with Gasteiger partial charge in [0.2, 0.25) is 0 Å². The fraction of sp³-hybridized carbons (Fsp3) is 0.167. The zero-order valence-corrected chi connectivity index (χ0v) is 9.36. The summed E-state index contributed by atoms with van der Waals surface area (Å²) >= 11 is 5.93. The third-order valence-electron chi connectivity index (χ3n) is 1.93. The second kappa shape index (κ2) is 4.48. The van der Waals surface area contributed by atoms with Gasteiger partial charge in [-0.2, -0.15) is 0 Å². The van der Waals surface area contributed by atoms with Gasteiger partial charge in [-0.05, 0) is 25.0 Å². The SMILES string of the molecule is CC(O)C#Cc1nc2ccccc2nc1Cl. The van der Waals surface area contributed by atoms with Gasteiger partial charge in [0.05, 0.1) is 11.0 Å². The maximum atomic E-state index is 9.05. The lowest BCUT2D eigenvalue weighted by Gasteiger charge is -1.99. The van der Waals surface area contributed by atoms with Crippen molar-refractivity contribution >= 4 is 22.6 Å². The number of hydrogen-bond acceptors (Lipinski definition) is 3. The van der Waals surface area contributed by atoms with E-state index in [4.69, 9.17) is 16.7 Å². The minimum atomic E-state index is -0.704. The lowest BCUT2D eigenvalue weighted by Crippen LogP contribution is -1.95. The van der Waals surface area contributed by atoms with Crippen LogP contribution in [0.5, 0.6) is 0 Å². The van der Waals surface area contributed by atoms with E-state index in [2.05, 4.69) is 21.8 Å². The van der Waals surface area contributed by atoms with E-state index in [-0.39, 0.29) is 5.15 Å². The summed E-state index contributed by atoms with van der Waals surface area (Å²) in [6.07, 6.45) is -0.704. The van der Waals surface area contributed by atoms with Crippen molar-refractivity contribution in [1.82, 2.24) is 9.97 Å². The smallest absolute Gasteiger partial charge is 0.164 e. The van der Waals surface area contributed by atoms with Crippen LogP contribution in [-0.4, -0.2) is 21.2 Å². The van der Waals surface area contributed by atoms with Crippen molar-refractivity contribution < 1.29 is 5.11 Å². The molecule has 0 aliphatic carbocycles. The van der Waals surface area contributed by atoms with E-state index in [1.165, 1.54) is 0 Å². The van der Waals surface area contributed by atoms with Crippen LogP contribution in [0.3, 0.4) is 0 Å². The van der Waals surface area contributed by atoms with Crippen molar-refractivity contribution in [1.29, 1.82) is 0 Å². The Morgan fingerprint density at radius 3 is 2.50 bits per heavy atom. The van der Waals surface area contributed by atoms with E-state index < -0.39 is 6.10 Å². The lowest BCUT2D eigenvalue weighted by molar-refractivity contribution is 0.253. The largest absolute Gasteiger partial charge is 0.381 e. The molecule has 0 saturated heterocycles. The number of aliphatic hydroxyl groups excluding tert-OH is 1. The standard InChI is InChI=1S/C12H9ClN2O/c1-8(16)6-7-11-12(13)15-10-5-3-2-4-9(10)14-11/h2-5,8,16H,1H3. The Hall–Kier alpha value is -1.63. The van der Waals surface area contributed by atoms with Crippen LogP contribution in [0.1, 0.15) is 12.6 Å². The molecule has 1 aromatic heterocycles. The molecule has 0 aliphatic rings. The quantitative estimate of drug-likeness (QED) is 0.707. The Morgan fingerprint density at radius 2 is 1.88 bits per heavy atom. The highest BCUT2D eigenvalue weighted by atomic mass is 35.5. The molecule has 0 amide bonds. The van der Waals surface area contributed by atoms with Crippen molar-refractivity contribution in [3.63, 3.8) is 0 Å². The average molecular weight is 233 g/mol. The summed E-state index contributed by atoms with van der Waals surface area (Å²) in [5.74, 6) is 5.28. The Morgan fingerprint density at radius 1 is 1.25 bits per heavy atom. The van der Waals surface area contributed by atoms with Crippen molar-refractivity contribution in [2.45, 2.75) is 13.0 Å². The highest BCUT2D eigenvalue weighted by Crippen LogP contribution is 2.15. The van der Waals surface area contributed by atoms with Gasteiger partial charge < -0.3 is 5.11 Å². The van der Waals surface area contributed by atoms with E-state index in [0.29, 0.717) is 5.69 Å². The van der Waals surface area contributed by atoms with E-state index in [9.17, 15) is 0 Å². The molecular weight excluding hydrogens is 224 g/mol. The van der Waals surface area contributed by atoms with Crippen LogP contribution in [-0.2, 0) is 0 Å². The molecule has 0 bridgehead atoms. The van der Waals surface area contributed by atoms with E-state index in [1.807, 2.05) is 24.3 Å². The molecule has 0 fully saturated rings. The van der Waals surface area contributed by atoms with Gasteiger partial charge in [0.25, 0.3) is 0 Å². The molecule has 1 atom stereocenters. The molecule has 4 heteroatoms. The maximum Gasteiger partial charge on any atom is 0.164 e. The van der Waals surface area contributed by atoms with Gasteiger partial charge in [-0.15, -0.1) is 0 Å². The molecule has 1 aromatic carbocycles. The Kier molecular flexibility index (Phi) is 3.04. The number of aromatic nitrogens is 2. The van der Waals surface area contributed by atoms with Gasteiger partial charge in [-0.1, -0.05) is 29.7 Å². The molecule has 0 spiro atoms. The zero-order valence-electron chi connectivity index (χ0n) is 8.61. The van der Waals surface area contributed by atoms with Crippen LogP contribution < -0.4 is 0 Å². The number of hydrogen-bond donors (Lipinski definition) is 1. The average Bonchev–Trinajstić information content (AvgIpc) is 2.26. The van der Waals surface area contributed by atoms with E-state index >= 15 is 0 Å². The summed E-state index contributed by atoms with van der Waals surface area (Å²) in [5, 5.41) is 9.31. The van der Waals surface area contributed by atoms with Crippen molar-refractivity contribution in [3.05, 3.63) is 35.1 Å². The molecule has 16 heavy (non-hydrogen) atoms. The number of aliphatic hydroxyl groups is 1. The number of para-hydroxylation sites is 2. The molecule has 0 aliphatic heterocycles. The molecule has 1 unspecified atom stereocenters. The maximum absolute atomic E-state index is 9.05. The fourth-order valence-electron chi connectivity index (χ4n) is 1.23. The van der Waals surface area contributed by atoms with Gasteiger partial charge in [0, 0.05) is 0 Å². The summed E-state index contributed by atoms with van der Waals surface area (Å²) < 4.78 is 0. The Bertz CT molecular complexity index is 584. The highest BCUT2D eigenvalue weighted by Gasteiger charge is 2.03. The molecule has 2 rings (SSSR count). The van der Waals surface area contributed by atoms with Crippen LogP contribution in [0.15, 0.2) is 24.3 Å². The van der Waals surface area contributed by atoms with Gasteiger partial charge in [-0.25, -0.2) is 9.97 Å². The summed E-state index contributed by atoms with van der Waals surface area (Å²) in [6, 6.07) is 7.41. The monoisotopic (exact) mass is 232 g/mol. The van der Waals surface area contributed by atoms with Crippen LogP contribution in [0, 0.1) is 11.8 Å². The number of nitrogens with zero attached hydrogens (tertiary/aromatic N) is 2. The predicted octanol–water partition coefficient (Wildman–Crippen LogP) is 2.02. The Labute approximate surface area is 98.1 Å². The summed E-state index contributed by atoms with van der Waals surface area (Å²) in [4.78, 5) is 8.44. The van der Waals surface area contributed by atoms with Crippen molar-refractivity contribution in [2.75, 3.05) is 0 Å². The van der Waals surface area contributed by atoms with Gasteiger partial charge in [-0.3, -0.25) is 0 Å². The van der Waals surface area contributed by atoms with Crippen LogP contribution >= 0.6 is 11.6 Å². The molecular formula is C12H9ClN2O. The molecule has 80 valence electrons. The molecule has 2 aromatic rings. The second-order valence-electron chi connectivity index (χ2n) is 3.30. The van der Waals surface area contributed by atoms with Crippen LogP contribution in [0.2, 0.25) is 5.15 Å². The number of rotatable bonds is 0. The second-order valence-corrected chi connectivity index (χ2v) is 3.66. The minimum Gasteiger partial charge on any atom is -0.381 e. The number of halogens is 1. The molecule has 0 saturated carbocycles. The predicted molar refractivity (Wildman–Crippen MR) is 63.1 cm³/mol. The zero-order chi connectivity index (χ0) is 11.5. The van der Waals surface area contributed by atoms with Crippen molar-refractivity contribution in [3.8, 4) is 11.8 Å². The van der Waals surface area contributed by atoms with Crippen LogP contribution in [0.4, 0.5) is 0 Å². The van der Waals surface area contributed by atoms with Gasteiger partial charge >= 0.3 is 0 Å². The first-order valence-electron chi connectivity index (χ1n) is 4.78. The lowest BCUT2D eigenvalue weighted by atomic mass is 10.3. The number of benzene rings is 1. The Balaban J connectivity index is 2.56. The summed E-state index contributed by atoms with van der Waals surface area (Å²) in [7, 11) is 0. The third kappa shape index (κ3) is 2.30. The molecule has 0 radical (unpaired) electrons.